The third-order valence-corrected chi connectivity index (χ3v) is 3.66. The fraction of sp³-hybridized carbons (Fsp3) is 0. The van der Waals surface area contributed by atoms with Gasteiger partial charge in [-0.15, -0.1) is 0 Å². The van der Waals surface area contributed by atoms with Crippen molar-refractivity contribution in [1.29, 1.82) is 0 Å². The molecular formula is C14H10BrClN2OS. The van der Waals surface area contributed by atoms with Crippen LogP contribution in [0.2, 0.25) is 5.02 Å². The van der Waals surface area contributed by atoms with E-state index in [-0.39, 0.29) is 10.9 Å². The number of benzene rings is 2. The van der Waals surface area contributed by atoms with Crippen LogP contribution in [0.3, 0.4) is 0 Å². The molecule has 0 aromatic heterocycles. The number of thiocarbonyl (C=S) groups is 1. The number of amides is 1. The Morgan fingerprint density at radius 3 is 2.55 bits per heavy atom. The number of carbonyl (C=O) groups excluding carboxylic acids is 1. The van der Waals surface area contributed by atoms with Crippen LogP contribution < -0.4 is 11.1 Å². The number of anilines is 1. The molecule has 0 atom stereocenters. The number of carbonyl (C=O) groups is 1. The summed E-state index contributed by atoms with van der Waals surface area (Å²) in [6, 6.07) is 12.1. The van der Waals surface area contributed by atoms with Crippen molar-refractivity contribution in [1.82, 2.24) is 0 Å². The summed E-state index contributed by atoms with van der Waals surface area (Å²) >= 11 is 14.3. The highest BCUT2D eigenvalue weighted by atomic mass is 79.9. The minimum Gasteiger partial charge on any atom is -0.389 e. The molecular weight excluding hydrogens is 360 g/mol. The van der Waals surface area contributed by atoms with Crippen LogP contribution in [0, 0.1) is 0 Å². The van der Waals surface area contributed by atoms with E-state index < -0.39 is 0 Å². The molecule has 0 saturated heterocycles. The lowest BCUT2D eigenvalue weighted by atomic mass is 10.1. The van der Waals surface area contributed by atoms with Gasteiger partial charge < -0.3 is 11.1 Å². The zero-order chi connectivity index (χ0) is 14.7. The van der Waals surface area contributed by atoms with Crippen molar-refractivity contribution in [2.24, 2.45) is 5.73 Å². The van der Waals surface area contributed by atoms with Gasteiger partial charge in [0.25, 0.3) is 5.91 Å². The predicted molar refractivity (Wildman–Crippen MR) is 89.4 cm³/mol. The van der Waals surface area contributed by atoms with Crippen molar-refractivity contribution in [3.8, 4) is 0 Å². The van der Waals surface area contributed by atoms with E-state index in [1.807, 2.05) is 0 Å². The lowest BCUT2D eigenvalue weighted by molar-refractivity contribution is 0.102. The van der Waals surface area contributed by atoms with Gasteiger partial charge in [-0.05, 0) is 30.3 Å². The van der Waals surface area contributed by atoms with Gasteiger partial charge in [-0.2, -0.15) is 0 Å². The molecule has 0 heterocycles. The number of hydrogen-bond acceptors (Lipinski definition) is 2. The van der Waals surface area contributed by atoms with Crippen molar-refractivity contribution < 1.29 is 4.79 Å². The number of nitrogens with two attached hydrogens (primary N) is 1. The van der Waals surface area contributed by atoms with E-state index in [2.05, 4.69) is 21.2 Å². The van der Waals surface area contributed by atoms with Crippen molar-refractivity contribution >= 4 is 56.3 Å². The monoisotopic (exact) mass is 368 g/mol. The molecule has 0 radical (unpaired) electrons. The van der Waals surface area contributed by atoms with Gasteiger partial charge in [0.1, 0.15) is 4.99 Å². The standard InChI is InChI=1S/C14H10BrClN2OS/c15-8-5-6-10(13(17)20)12(7-8)18-14(19)9-3-1-2-4-11(9)16/h1-7H,(H2,17,20)(H,18,19). The van der Waals surface area contributed by atoms with Gasteiger partial charge >= 0.3 is 0 Å². The van der Waals surface area contributed by atoms with Crippen LogP contribution in [0.4, 0.5) is 5.69 Å². The smallest absolute Gasteiger partial charge is 0.257 e. The molecule has 0 spiro atoms. The second-order valence-corrected chi connectivity index (χ2v) is 5.75. The molecule has 0 fully saturated rings. The Balaban J connectivity index is 2.35. The summed E-state index contributed by atoms with van der Waals surface area (Å²) in [7, 11) is 0. The molecule has 2 aromatic rings. The third-order valence-electron chi connectivity index (χ3n) is 2.61. The number of rotatable bonds is 3. The molecule has 20 heavy (non-hydrogen) atoms. The average Bonchev–Trinajstić information content (AvgIpc) is 2.38. The van der Waals surface area contributed by atoms with Crippen molar-refractivity contribution in [2.75, 3.05) is 5.32 Å². The molecule has 0 aliphatic heterocycles. The van der Waals surface area contributed by atoms with E-state index in [0.717, 1.165) is 4.47 Å². The normalized spacial score (nSPS) is 10.1. The first kappa shape index (κ1) is 15.0. The van der Waals surface area contributed by atoms with E-state index in [4.69, 9.17) is 29.6 Å². The fourth-order valence-electron chi connectivity index (χ4n) is 1.67. The van der Waals surface area contributed by atoms with Gasteiger partial charge in [-0.25, -0.2) is 0 Å². The maximum Gasteiger partial charge on any atom is 0.257 e. The van der Waals surface area contributed by atoms with Gasteiger partial charge in [0.2, 0.25) is 0 Å². The van der Waals surface area contributed by atoms with Crippen LogP contribution >= 0.6 is 39.7 Å². The topological polar surface area (TPSA) is 55.1 Å². The van der Waals surface area contributed by atoms with E-state index in [1.54, 1.807) is 42.5 Å². The maximum absolute atomic E-state index is 12.2. The molecule has 0 aliphatic carbocycles. The zero-order valence-corrected chi connectivity index (χ0v) is 13.3. The van der Waals surface area contributed by atoms with E-state index in [1.165, 1.54) is 0 Å². The van der Waals surface area contributed by atoms with Crippen LogP contribution in [0.15, 0.2) is 46.9 Å². The second kappa shape index (κ2) is 6.35. The highest BCUT2D eigenvalue weighted by Gasteiger charge is 2.13. The van der Waals surface area contributed by atoms with Crippen LogP contribution in [-0.4, -0.2) is 10.9 Å². The Labute approximate surface area is 135 Å². The minimum atomic E-state index is -0.314. The molecule has 0 unspecified atom stereocenters. The van der Waals surface area contributed by atoms with Gasteiger partial charge in [0.15, 0.2) is 0 Å². The Kier molecular flexibility index (Phi) is 4.75. The zero-order valence-electron chi connectivity index (χ0n) is 10.2. The van der Waals surface area contributed by atoms with Gasteiger partial charge in [-0.1, -0.05) is 51.9 Å². The van der Waals surface area contributed by atoms with Gasteiger partial charge in [-0.3, -0.25) is 4.79 Å². The molecule has 0 aliphatic rings. The van der Waals surface area contributed by atoms with Crippen LogP contribution in [0.1, 0.15) is 15.9 Å². The van der Waals surface area contributed by atoms with Crippen molar-refractivity contribution in [3.63, 3.8) is 0 Å². The number of hydrogen-bond donors (Lipinski definition) is 2. The first-order chi connectivity index (χ1) is 9.49. The first-order valence-corrected chi connectivity index (χ1v) is 7.22. The second-order valence-electron chi connectivity index (χ2n) is 3.99. The summed E-state index contributed by atoms with van der Waals surface area (Å²) in [5.74, 6) is -0.314. The minimum absolute atomic E-state index is 0.215. The summed E-state index contributed by atoms with van der Waals surface area (Å²) in [6.07, 6.45) is 0. The molecule has 6 heteroatoms. The lowest BCUT2D eigenvalue weighted by Gasteiger charge is -2.11. The summed E-state index contributed by atoms with van der Waals surface area (Å²) in [5.41, 5.74) is 7.18. The largest absolute Gasteiger partial charge is 0.389 e. The molecule has 0 saturated carbocycles. The van der Waals surface area contributed by atoms with Crippen LogP contribution in [-0.2, 0) is 0 Å². The van der Waals surface area contributed by atoms with Crippen LogP contribution in [0.5, 0.6) is 0 Å². The Bertz CT molecular complexity index is 691. The van der Waals surface area contributed by atoms with E-state index in [0.29, 0.717) is 21.8 Å². The summed E-state index contributed by atoms with van der Waals surface area (Å²) in [4.78, 5) is 12.4. The highest BCUT2D eigenvalue weighted by molar-refractivity contribution is 9.10. The predicted octanol–water partition coefficient (Wildman–Crippen LogP) is 3.99. The van der Waals surface area contributed by atoms with Crippen molar-refractivity contribution in [3.05, 3.63) is 63.1 Å². The third kappa shape index (κ3) is 3.36. The van der Waals surface area contributed by atoms with Crippen molar-refractivity contribution in [2.45, 2.75) is 0 Å². The van der Waals surface area contributed by atoms with E-state index >= 15 is 0 Å². The fourth-order valence-corrected chi connectivity index (χ4v) is 2.43. The lowest BCUT2D eigenvalue weighted by Crippen LogP contribution is -2.17. The Morgan fingerprint density at radius 2 is 1.90 bits per heavy atom. The summed E-state index contributed by atoms with van der Waals surface area (Å²) in [6.45, 7) is 0. The van der Waals surface area contributed by atoms with E-state index in [9.17, 15) is 4.79 Å². The first-order valence-electron chi connectivity index (χ1n) is 5.64. The average molecular weight is 370 g/mol. The number of halogens is 2. The highest BCUT2D eigenvalue weighted by Crippen LogP contribution is 2.23. The number of nitrogens with one attached hydrogen (secondary N) is 1. The van der Waals surface area contributed by atoms with Gasteiger partial charge in [0.05, 0.1) is 16.3 Å². The maximum atomic E-state index is 12.2. The molecule has 3 N–H and O–H groups in total. The summed E-state index contributed by atoms with van der Waals surface area (Å²) in [5, 5.41) is 3.15. The Morgan fingerprint density at radius 1 is 1.20 bits per heavy atom. The molecule has 2 aromatic carbocycles. The SMILES string of the molecule is NC(=S)c1ccc(Br)cc1NC(=O)c1ccccc1Cl. The molecule has 0 bridgehead atoms. The quantitative estimate of drug-likeness (QED) is 0.804. The Hall–Kier alpha value is -1.43. The molecule has 2 rings (SSSR count). The summed E-state index contributed by atoms with van der Waals surface area (Å²) < 4.78 is 0.812. The van der Waals surface area contributed by atoms with Crippen LogP contribution in [0.25, 0.3) is 0 Å². The molecule has 1 amide bonds. The van der Waals surface area contributed by atoms with Gasteiger partial charge in [0, 0.05) is 10.0 Å². The molecule has 3 nitrogen and oxygen atoms in total. The molecule has 102 valence electrons.